The standard InChI is InChI=1S/C24H34N2O7S/c1-7-31-23(28)33-21-20(19-17(3)14-16(2)15-18(19)4)22(27)26(32-12-13-34(6)29)24(21)8-10-25(30-5)11-9-24/h14-15H,7-13H2,1-6H3. The van der Waals surface area contributed by atoms with Crippen LogP contribution in [0.3, 0.4) is 0 Å². The van der Waals surface area contributed by atoms with Crippen LogP contribution >= 0.6 is 0 Å². The van der Waals surface area contributed by atoms with Crippen LogP contribution in [0.2, 0.25) is 0 Å². The topological polar surface area (TPSA) is 94.6 Å². The molecule has 34 heavy (non-hydrogen) atoms. The van der Waals surface area contributed by atoms with Crippen molar-refractivity contribution in [2.45, 2.75) is 46.1 Å². The van der Waals surface area contributed by atoms with E-state index in [9.17, 15) is 13.8 Å². The van der Waals surface area contributed by atoms with Crippen molar-refractivity contribution in [3.05, 3.63) is 40.1 Å². The minimum absolute atomic E-state index is 0.0937. The van der Waals surface area contributed by atoms with E-state index in [0.717, 1.165) is 16.7 Å². The molecule has 2 aliphatic rings. The monoisotopic (exact) mass is 494 g/mol. The van der Waals surface area contributed by atoms with Crippen molar-refractivity contribution in [1.29, 1.82) is 0 Å². The van der Waals surface area contributed by atoms with Crippen LogP contribution in [0.4, 0.5) is 4.79 Å². The van der Waals surface area contributed by atoms with Gasteiger partial charge in [0.15, 0.2) is 5.76 Å². The number of nitrogens with zero attached hydrogens (tertiary/aromatic N) is 2. The molecule has 0 radical (unpaired) electrons. The number of hydrogen-bond acceptors (Lipinski definition) is 8. The molecule has 1 aromatic carbocycles. The van der Waals surface area contributed by atoms with Crippen LogP contribution in [-0.2, 0) is 34.7 Å². The van der Waals surface area contributed by atoms with Gasteiger partial charge < -0.3 is 14.3 Å². The van der Waals surface area contributed by atoms with Gasteiger partial charge in [-0.05, 0) is 57.2 Å². The molecule has 2 aliphatic heterocycles. The quantitative estimate of drug-likeness (QED) is 0.509. The van der Waals surface area contributed by atoms with Crippen molar-refractivity contribution in [2.75, 3.05) is 45.4 Å². The van der Waals surface area contributed by atoms with Gasteiger partial charge in [-0.1, -0.05) is 17.7 Å². The Labute approximate surface area is 203 Å². The Morgan fingerprint density at radius 1 is 1.15 bits per heavy atom. The summed E-state index contributed by atoms with van der Waals surface area (Å²) in [6.45, 7) is 8.78. The number of ether oxygens (including phenoxy) is 2. The van der Waals surface area contributed by atoms with E-state index >= 15 is 0 Å². The van der Waals surface area contributed by atoms with Crippen LogP contribution in [0.1, 0.15) is 42.0 Å². The van der Waals surface area contributed by atoms with Gasteiger partial charge >= 0.3 is 6.16 Å². The minimum Gasteiger partial charge on any atom is -0.434 e. The molecule has 1 unspecified atom stereocenters. The van der Waals surface area contributed by atoms with E-state index in [1.807, 2.05) is 32.9 Å². The summed E-state index contributed by atoms with van der Waals surface area (Å²) in [7, 11) is 0.510. The van der Waals surface area contributed by atoms with Gasteiger partial charge in [0.2, 0.25) is 0 Å². The van der Waals surface area contributed by atoms with Crippen molar-refractivity contribution in [3.63, 3.8) is 0 Å². The molecule has 1 fully saturated rings. The zero-order valence-corrected chi connectivity index (χ0v) is 21.6. The molecule has 1 saturated heterocycles. The number of benzene rings is 1. The minimum atomic E-state index is -1.09. The van der Waals surface area contributed by atoms with Gasteiger partial charge in [-0.25, -0.2) is 9.86 Å². The molecule has 1 spiro atoms. The van der Waals surface area contributed by atoms with Crippen LogP contribution in [0, 0.1) is 20.8 Å². The maximum Gasteiger partial charge on any atom is 0.513 e. The second-order valence-corrected chi connectivity index (χ2v) is 10.2. The van der Waals surface area contributed by atoms with E-state index in [0.29, 0.717) is 37.1 Å². The first-order chi connectivity index (χ1) is 16.1. The van der Waals surface area contributed by atoms with Crippen LogP contribution in [0.15, 0.2) is 17.9 Å². The van der Waals surface area contributed by atoms with Gasteiger partial charge in [-0.2, -0.15) is 5.06 Å². The predicted octanol–water partition coefficient (Wildman–Crippen LogP) is 3.04. The summed E-state index contributed by atoms with van der Waals surface area (Å²) in [6.07, 6.45) is 1.56. The van der Waals surface area contributed by atoms with Crippen molar-refractivity contribution in [3.8, 4) is 0 Å². The van der Waals surface area contributed by atoms with Gasteiger partial charge in [-0.15, -0.1) is 0 Å². The van der Waals surface area contributed by atoms with Crippen molar-refractivity contribution >= 4 is 28.4 Å². The predicted molar refractivity (Wildman–Crippen MR) is 128 cm³/mol. The molecule has 1 amide bonds. The third-order valence-electron chi connectivity index (χ3n) is 6.21. The van der Waals surface area contributed by atoms with Gasteiger partial charge in [0.25, 0.3) is 5.91 Å². The molecule has 0 saturated carbocycles. The number of aryl methyl sites for hydroxylation is 3. The molecule has 0 aromatic heterocycles. The number of hydrogen-bond donors (Lipinski definition) is 0. The van der Waals surface area contributed by atoms with Crippen LogP contribution < -0.4 is 0 Å². The summed E-state index contributed by atoms with van der Waals surface area (Å²) >= 11 is 0. The van der Waals surface area contributed by atoms with Gasteiger partial charge in [-0.3, -0.25) is 13.8 Å². The Hall–Kier alpha value is -2.27. The molecule has 3 rings (SSSR count). The lowest BCUT2D eigenvalue weighted by Crippen LogP contribution is -2.55. The summed E-state index contributed by atoms with van der Waals surface area (Å²) in [5.41, 5.74) is 2.85. The highest BCUT2D eigenvalue weighted by Crippen LogP contribution is 2.48. The molecule has 2 heterocycles. The molecule has 0 N–H and O–H groups in total. The largest absolute Gasteiger partial charge is 0.513 e. The van der Waals surface area contributed by atoms with Crippen molar-refractivity contribution in [1.82, 2.24) is 10.1 Å². The fraction of sp³-hybridized carbons (Fsp3) is 0.583. The molecule has 188 valence electrons. The average Bonchev–Trinajstić information content (AvgIpc) is 2.96. The van der Waals surface area contributed by atoms with Crippen LogP contribution in [0.5, 0.6) is 0 Å². The zero-order chi connectivity index (χ0) is 25.0. The molecule has 0 bridgehead atoms. The molecular weight excluding hydrogens is 460 g/mol. The number of hydroxylamine groups is 4. The first kappa shape index (κ1) is 26.3. The van der Waals surface area contributed by atoms with E-state index in [-0.39, 0.29) is 30.6 Å². The Bertz CT molecular complexity index is 976. The third kappa shape index (κ3) is 5.19. The number of carbonyl (C=O) groups excluding carboxylic acids is 2. The van der Waals surface area contributed by atoms with E-state index < -0.39 is 22.5 Å². The Kier molecular flexibility index (Phi) is 8.51. The number of amides is 1. The van der Waals surface area contributed by atoms with Gasteiger partial charge in [0.05, 0.1) is 25.9 Å². The fourth-order valence-corrected chi connectivity index (χ4v) is 5.10. The fourth-order valence-electron chi connectivity index (χ4n) is 4.79. The number of carbonyl (C=O) groups is 2. The lowest BCUT2D eigenvalue weighted by atomic mass is 9.84. The highest BCUT2D eigenvalue weighted by atomic mass is 32.2. The third-order valence-corrected chi connectivity index (χ3v) is 6.95. The second-order valence-electron chi connectivity index (χ2n) is 8.62. The number of piperidine rings is 1. The summed E-state index contributed by atoms with van der Waals surface area (Å²) in [6, 6.07) is 3.99. The maximum atomic E-state index is 13.9. The average molecular weight is 495 g/mol. The van der Waals surface area contributed by atoms with Crippen molar-refractivity contribution in [2.24, 2.45) is 0 Å². The smallest absolute Gasteiger partial charge is 0.434 e. The molecular formula is C24H34N2O7S. The van der Waals surface area contributed by atoms with Gasteiger partial charge in [0, 0.05) is 35.9 Å². The van der Waals surface area contributed by atoms with Crippen molar-refractivity contribution < 1.29 is 32.9 Å². The zero-order valence-electron chi connectivity index (χ0n) is 20.8. The van der Waals surface area contributed by atoms with E-state index in [1.54, 1.807) is 25.4 Å². The van der Waals surface area contributed by atoms with E-state index in [1.165, 1.54) is 5.06 Å². The molecule has 1 aromatic rings. The Balaban J connectivity index is 2.17. The highest BCUT2D eigenvalue weighted by Gasteiger charge is 2.57. The maximum absolute atomic E-state index is 13.9. The molecule has 1 atom stereocenters. The lowest BCUT2D eigenvalue weighted by molar-refractivity contribution is -0.230. The number of rotatable bonds is 8. The first-order valence-electron chi connectivity index (χ1n) is 11.4. The summed E-state index contributed by atoms with van der Waals surface area (Å²) in [5, 5.41) is 3.12. The summed E-state index contributed by atoms with van der Waals surface area (Å²) in [5.74, 6) is 0.122. The Morgan fingerprint density at radius 2 is 1.76 bits per heavy atom. The highest BCUT2D eigenvalue weighted by molar-refractivity contribution is 7.84. The van der Waals surface area contributed by atoms with Crippen LogP contribution in [-0.4, -0.2) is 77.4 Å². The normalized spacial score (nSPS) is 19.1. The summed E-state index contributed by atoms with van der Waals surface area (Å²) < 4.78 is 22.5. The Morgan fingerprint density at radius 3 is 2.29 bits per heavy atom. The lowest BCUT2D eigenvalue weighted by Gasteiger charge is -2.43. The SMILES string of the molecule is CCOC(=O)OC1=C(c2c(C)cc(C)cc2C)C(=O)N(OCCS(C)=O)C12CCN(OC)CC2. The summed E-state index contributed by atoms with van der Waals surface area (Å²) in [4.78, 5) is 37.8. The second kappa shape index (κ2) is 11.0. The van der Waals surface area contributed by atoms with E-state index in [4.69, 9.17) is 19.1 Å². The van der Waals surface area contributed by atoms with Crippen LogP contribution in [0.25, 0.3) is 5.57 Å². The molecule has 0 aliphatic carbocycles. The van der Waals surface area contributed by atoms with E-state index in [2.05, 4.69) is 0 Å². The molecule has 10 heteroatoms. The molecule has 9 nitrogen and oxygen atoms in total. The first-order valence-corrected chi connectivity index (χ1v) is 13.1. The van der Waals surface area contributed by atoms with Gasteiger partial charge in [0.1, 0.15) is 5.54 Å².